The van der Waals surface area contributed by atoms with Crippen molar-refractivity contribution in [2.75, 3.05) is 0 Å². The number of amides is 1. The lowest BCUT2D eigenvalue weighted by Gasteiger charge is -2.08. The summed E-state index contributed by atoms with van der Waals surface area (Å²) < 4.78 is 6.41. The molecule has 0 aliphatic heterocycles. The molecule has 1 amide bonds. The lowest BCUT2D eigenvalue weighted by Crippen LogP contribution is -2.36. The molecular formula is C18H18N4O4. The second-order valence-electron chi connectivity index (χ2n) is 5.91. The van der Waals surface area contributed by atoms with Crippen molar-refractivity contribution in [2.24, 2.45) is 0 Å². The van der Waals surface area contributed by atoms with E-state index >= 15 is 0 Å². The van der Waals surface area contributed by atoms with E-state index in [1.807, 2.05) is 30.3 Å². The molecule has 2 N–H and O–H groups in total. The van der Waals surface area contributed by atoms with Crippen LogP contribution in [0.5, 0.6) is 0 Å². The van der Waals surface area contributed by atoms with Crippen molar-refractivity contribution in [3.63, 3.8) is 0 Å². The van der Waals surface area contributed by atoms with Gasteiger partial charge in [0.25, 0.3) is 5.56 Å². The van der Waals surface area contributed by atoms with Crippen LogP contribution in [-0.2, 0) is 17.9 Å². The average Bonchev–Trinajstić information content (AvgIpc) is 2.99. The molecule has 2 aromatic heterocycles. The van der Waals surface area contributed by atoms with Crippen LogP contribution < -0.4 is 16.6 Å². The summed E-state index contributed by atoms with van der Waals surface area (Å²) in [5.41, 5.74) is 1.61. The summed E-state index contributed by atoms with van der Waals surface area (Å²) in [6, 6.07) is 9.51. The zero-order valence-electron chi connectivity index (χ0n) is 14.4. The number of aromatic nitrogens is 3. The summed E-state index contributed by atoms with van der Waals surface area (Å²) >= 11 is 0. The second-order valence-corrected chi connectivity index (χ2v) is 5.91. The third kappa shape index (κ3) is 3.64. The maximum Gasteiger partial charge on any atom is 0.328 e. The van der Waals surface area contributed by atoms with E-state index in [1.54, 1.807) is 13.8 Å². The van der Waals surface area contributed by atoms with E-state index in [-0.39, 0.29) is 19.0 Å². The van der Waals surface area contributed by atoms with Gasteiger partial charge >= 0.3 is 5.69 Å². The summed E-state index contributed by atoms with van der Waals surface area (Å²) in [5.74, 6) is 0.249. The Kier molecular flexibility index (Phi) is 4.83. The van der Waals surface area contributed by atoms with Crippen LogP contribution in [0.1, 0.15) is 16.9 Å². The molecule has 8 nitrogen and oxygen atoms in total. The predicted octanol–water partition coefficient (Wildman–Crippen LogP) is 1.12. The number of H-pyrrole nitrogens is 1. The smallest absolute Gasteiger partial charge is 0.328 e. The minimum Gasteiger partial charge on any atom is -0.361 e. The standard InChI is InChI=1S/C18H18N4O4/c1-11-9-22(18(25)20-17(11)24)10-15(23)19-8-14-12(2)26-21-16(14)13-6-4-3-5-7-13/h3-7,9H,8,10H2,1-2H3,(H,19,23)(H,20,24,25). The molecule has 0 spiro atoms. The van der Waals surface area contributed by atoms with Crippen molar-refractivity contribution >= 4 is 5.91 Å². The Balaban J connectivity index is 1.73. The molecule has 1 aromatic carbocycles. The number of hydrogen-bond acceptors (Lipinski definition) is 5. The predicted molar refractivity (Wildman–Crippen MR) is 94.6 cm³/mol. The molecule has 8 heteroatoms. The van der Waals surface area contributed by atoms with Crippen molar-refractivity contribution in [1.82, 2.24) is 20.0 Å². The Labute approximate surface area is 148 Å². The van der Waals surface area contributed by atoms with Gasteiger partial charge in [-0.3, -0.25) is 19.1 Å². The monoisotopic (exact) mass is 354 g/mol. The van der Waals surface area contributed by atoms with Crippen LogP contribution in [-0.4, -0.2) is 20.6 Å². The summed E-state index contributed by atoms with van der Waals surface area (Å²) in [7, 11) is 0. The van der Waals surface area contributed by atoms with Gasteiger partial charge in [0.1, 0.15) is 18.0 Å². The zero-order valence-corrected chi connectivity index (χ0v) is 14.4. The first kappa shape index (κ1) is 17.4. The van der Waals surface area contributed by atoms with Crippen LogP contribution in [0.2, 0.25) is 0 Å². The van der Waals surface area contributed by atoms with Crippen molar-refractivity contribution in [3.05, 3.63) is 74.3 Å². The Morgan fingerprint density at radius 3 is 2.69 bits per heavy atom. The molecular weight excluding hydrogens is 336 g/mol. The lowest BCUT2D eigenvalue weighted by atomic mass is 10.1. The first-order valence-corrected chi connectivity index (χ1v) is 8.03. The number of carbonyl (C=O) groups excluding carboxylic acids is 1. The topological polar surface area (TPSA) is 110 Å². The largest absolute Gasteiger partial charge is 0.361 e. The highest BCUT2D eigenvalue weighted by Crippen LogP contribution is 2.24. The van der Waals surface area contributed by atoms with Gasteiger partial charge in [0.2, 0.25) is 5.91 Å². The number of aromatic amines is 1. The minimum atomic E-state index is -0.623. The minimum absolute atomic E-state index is 0.193. The van der Waals surface area contributed by atoms with Crippen LogP contribution in [0.3, 0.4) is 0 Å². The number of nitrogens with zero attached hydrogens (tertiary/aromatic N) is 2. The van der Waals surface area contributed by atoms with Gasteiger partial charge in [0, 0.05) is 29.4 Å². The molecule has 0 saturated heterocycles. The van der Waals surface area contributed by atoms with E-state index < -0.39 is 11.2 Å². The Hall–Kier alpha value is -3.42. The second kappa shape index (κ2) is 7.22. The quantitative estimate of drug-likeness (QED) is 0.713. The molecule has 2 heterocycles. The highest BCUT2D eigenvalue weighted by atomic mass is 16.5. The molecule has 0 atom stereocenters. The molecule has 0 unspecified atom stereocenters. The normalized spacial score (nSPS) is 10.7. The molecule has 0 fully saturated rings. The van der Waals surface area contributed by atoms with E-state index in [1.165, 1.54) is 6.20 Å². The van der Waals surface area contributed by atoms with Crippen LogP contribution >= 0.6 is 0 Å². The van der Waals surface area contributed by atoms with Crippen LogP contribution in [0, 0.1) is 13.8 Å². The Bertz CT molecular complexity index is 1050. The number of hydrogen-bond donors (Lipinski definition) is 2. The fourth-order valence-corrected chi connectivity index (χ4v) is 2.56. The molecule has 0 aliphatic rings. The SMILES string of the molecule is Cc1onc(-c2ccccc2)c1CNC(=O)Cn1cc(C)c(=O)[nH]c1=O. The van der Waals surface area contributed by atoms with Gasteiger partial charge in [-0.1, -0.05) is 35.5 Å². The molecule has 134 valence electrons. The van der Waals surface area contributed by atoms with E-state index in [2.05, 4.69) is 15.5 Å². The number of benzene rings is 1. The lowest BCUT2D eigenvalue weighted by molar-refractivity contribution is -0.121. The average molecular weight is 354 g/mol. The number of nitrogens with one attached hydrogen (secondary N) is 2. The van der Waals surface area contributed by atoms with Crippen molar-refractivity contribution in [1.29, 1.82) is 0 Å². The molecule has 0 saturated carbocycles. The van der Waals surface area contributed by atoms with Gasteiger partial charge in [0.05, 0.1) is 0 Å². The fourth-order valence-electron chi connectivity index (χ4n) is 2.56. The van der Waals surface area contributed by atoms with Gasteiger partial charge < -0.3 is 9.84 Å². The van der Waals surface area contributed by atoms with E-state index in [4.69, 9.17) is 4.52 Å². The van der Waals surface area contributed by atoms with E-state index in [0.29, 0.717) is 17.0 Å². The van der Waals surface area contributed by atoms with Gasteiger partial charge in [-0.2, -0.15) is 0 Å². The molecule has 0 radical (unpaired) electrons. The summed E-state index contributed by atoms with van der Waals surface area (Å²) in [5, 5.41) is 6.82. The third-order valence-electron chi connectivity index (χ3n) is 4.00. The van der Waals surface area contributed by atoms with E-state index in [0.717, 1.165) is 15.7 Å². The number of rotatable bonds is 5. The maximum absolute atomic E-state index is 12.2. The zero-order chi connectivity index (χ0) is 18.7. The van der Waals surface area contributed by atoms with Crippen molar-refractivity contribution < 1.29 is 9.32 Å². The molecule has 0 aliphatic carbocycles. The summed E-state index contributed by atoms with van der Waals surface area (Å²) in [6.45, 7) is 3.37. The van der Waals surface area contributed by atoms with Gasteiger partial charge in [-0.25, -0.2) is 4.79 Å². The van der Waals surface area contributed by atoms with Crippen LogP contribution in [0.4, 0.5) is 0 Å². The Morgan fingerprint density at radius 1 is 1.23 bits per heavy atom. The van der Waals surface area contributed by atoms with E-state index in [9.17, 15) is 14.4 Å². The van der Waals surface area contributed by atoms with Crippen molar-refractivity contribution in [3.8, 4) is 11.3 Å². The Morgan fingerprint density at radius 2 is 1.96 bits per heavy atom. The molecule has 26 heavy (non-hydrogen) atoms. The van der Waals surface area contributed by atoms with Gasteiger partial charge in [-0.05, 0) is 13.8 Å². The van der Waals surface area contributed by atoms with Gasteiger partial charge in [0.15, 0.2) is 0 Å². The first-order chi connectivity index (χ1) is 12.5. The third-order valence-corrected chi connectivity index (χ3v) is 4.00. The molecule has 0 bridgehead atoms. The van der Waals surface area contributed by atoms with Gasteiger partial charge in [-0.15, -0.1) is 0 Å². The number of aryl methyl sites for hydroxylation is 2. The summed E-state index contributed by atoms with van der Waals surface area (Å²) in [6.07, 6.45) is 1.36. The highest BCUT2D eigenvalue weighted by Gasteiger charge is 2.15. The van der Waals surface area contributed by atoms with Crippen LogP contribution in [0.15, 0.2) is 50.6 Å². The number of carbonyl (C=O) groups is 1. The highest BCUT2D eigenvalue weighted by molar-refractivity contribution is 5.76. The first-order valence-electron chi connectivity index (χ1n) is 8.03. The molecule has 3 aromatic rings. The van der Waals surface area contributed by atoms with Crippen LogP contribution in [0.25, 0.3) is 11.3 Å². The fraction of sp³-hybridized carbons (Fsp3) is 0.222. The maximum atomic E-state index is 12.2. The summed E-state index contributed by atoms with van der Waals surface area (Å²) in [4.78, 5) is 37.5. The van der Waals surface area contributed by atoms with Crippen molar-refractivity contribution in [2.45, 2.75) is 26.9 Å². The molecule has 3 rings (SSSR count).